The number of rotatable bonds is 3. The van der Waals surface area contributed by atoms with Crippen molar-refractivity contribution >= 4 is 22.9 Å². The number of aliphatic carboxylic acids is 1. The van der Waals surface area contributed by atoms with E-state index in [1.807, 2.05) is 18.2 Å². The number of carboxylic acid groups (broad SMARTS) is 1. The molecule has 9 nitrogen and oxygen atoms in total. The first-order valence-electron chi connectivity index (χ1n) is 9.45. The topological polar surface area (TPSA) is 136 Å². The normalized spacial score (nSPS) is 24.0. The van der Waals surface area contributed by atoms with E-state index < -0.39 is 5.97 Å². The van der Waals surface area contributed by atoms with Gasteiger partial charge in [0.1, 0.15) is 0 Å². The molecular formula is C19H26N4O5. The van der Waals surface area contributed by atoms with Crippen LogP contribution in [0.5, 0.6) is 0 Å². The number of hydrogen-bond donors (Lipinski definition) is 5. The molecule has 0 bridgehead atoms. The van der Waals surface area contributed by atoms with Crippen molar-refractivity contribution in [2.45, 2.75) is 44.9 Å². The number of hydrogen-bond acceptors (Lipinski definition) is 5. The summed E-state index contributed by atoms with van der Waals surface area (Å²) in [5, 5.41) is 13.9. The van der Waals surface area contributed by atoms with E-state index in [-0.39, 0.29) is 23.6 Å². The smallest absolute Gasteiger partial charge is 0.323 e. The Labute approximate surface area is 161 Å². The maximum Gasteiger partial charge on any atom is 0.323 e. The van der Waals surface area contributed by atoms with Gasteiger partial charge in [0.15, 0.2) is 0 Å². The fraction of sp³-hybridized carbons (Fsp3) is 0.526. The van der Waals surface area contributed by atoms with Crippen LogP contribution in [0.3, 0.4) is 0 Å². The number of aromatic nitrogens is 2. The predicted molar refractivity (Wildman–Crippen MR) is 103 cm³/mol. The average molecular weight is 390 g/mol. The fourth-order valence-corrected chi connectivity index (χ4v) is 3.77. The Morgan fingerprint density at radius 2 is 2.00 bits per heavy atom. The minimum Gasteiger partial charge on any atom is -0.481 e. The number of aromatic amines is 2. The minimum absolute atomic E-state index is 0.0382. The fourth-order valence-electron chi connectivity index (χ4n) is 3.77. The molecule has 2 aliphatic rings. The van der Waals surface area contributed by atoms with E-state index in [9.17, 15) is 9.59 Å². The molecule has 4 rings (SSSR count). The molecule has 1 aromatic carbocycles. The molecule has 0 spiro atoms. The van der Waals surface area contributed by atoms with Crippen LogP contribution in [0.4, 0.5) is 0 Å². The molecule has 1 aromatic heterocycles. The van der Waals surface area contributed by atoms with Crippen LogP contribution in [-0.4, -0.2) is 52.2 Å². The molecule has 5 N–H and O–H groups in total. The highest BCUT2D eigenvalue weighted by Gasteiger charge is 2.35. The Kier molecular flexibility index (Phi) is 6.48. The molecular weight excluding hydrogens is 364 g/mol. The Morgan fingerprint density at radius 3 is 2.79 bits per heavy atom. The predicted octanol–water partition coefficient (Wildman–Crippen LogP) is 0.720. The summed E-state index contributed by atoms with van der Waals surface area (Å²) in [6.07, 6.45) is 2.90. The third kappa shape index (κ3) is 5.20. The number of H-pyrrole nitrogens is 2. The van der Waals surface area contributed by atoms with Crippen molar-refractivity contribution in [2.75, 3.05) is 13.2 Å². The molecule has 2 heterocycles. The van der Waals surface area contributed by atoms with Crippen LogP contribution in [0.25, 0.3) is 11.0 Å². The van der Waals surface area contributed by atoms with Crippen LogP contribution in [0.2, 0.25) is 0 Å². The molecule has 28 heavy (non-hydrogen) atoms. The Bertz CT molecular complexity index is 886. The van der Waals surface area contributed by atoms with E-state index in [0.29, 0.717) is 12.6 Å². The molecule has 152 valence electrons. The zero-order valence-electron chi connectivity index (χ0n) is 15.8. The summed E-state index contributed by atoms with van der Waals surface area (Å²) in [6.45, 7) is 3.18. The first-order valence-corrected chi connectivity index (χ1v) is 9.45. The van der Waals surface area contributed by atoms with Crippen molar-refractivity contribution in [3.63, 3.8) is 0 Å². The van der Waals surface area contributed by atoms with Crippen LogP contribution < -0.4 is 16.3 Å². The second kappa shape index (κ2) is 9.03. The van der Waals surface area contributed by atoms with Gasteiger partial charge in [-0.05, 0) is 37.0 Å². The third-order valence-corrected chi connectivity index (χ3v) is 5.05. The van der Waals surface area contributed by atoms with Crippen molar-refractivity contribution in [1.82, 2.24) is 20.6 Å². The van der Waals surface area contributed by atoms with Crippen LogP contribution in [0.1, 0.15) is 31.7 Å². The van der Waals surface area contributed by atoms with Crippen LogP contribution in [0.15, 0.2) is 23.0 Å². The summed E-state index contributed by atoms with van der Waals surface area (Å²) >= 11 is 0. The molecule has 0 radical (unpaired) electrons. The van der Waals surface area contributed by atoms with Crippen LogP contribution in [-0.2, 0) is 20.9 Å². The van der Waals surface area contributed by atoms with Gasteiger partial charge in [-0.3, -0.25) is 9.59 Å². The van der Waals surface area contributed by atoms with Gasteiger partial charge >= 0.3 is 5.69 Å². The lowest BCUT2D eigenvalue weighted by atomic mass is 9.82. The van der Waals surface area contributed by atoms with E-state index in [0.717, 1.165) is 55.9 Å². The summed E-state index contributed by atoms with van der Waals surface area (Å²) in [5.41, 5.74) is 2.29. The molecule has 1 saturated carbocycles. The summed E-state index contributed by atoms with van der Waals surface area (Å²) in [4.78, 5) is 38.2. The summed E-state index contributed by atoms with van der Waals surface area (Å²) in [6, 6.07) is 5.95. The quantitative estimate of drug-likeness (QED) is 0.524. The number of nitrogens with one attached hydrogen (secondary N) is 4. The second-order valence-corrected chi connectivity index (χ2v) is 7.18. The first-order chi connectivity index (χ1) is 13.4. The van der Waals surface area contributed by atoms with Gasteiger partial charge in [-0.1, -0.05) is 6.07 Å². The monoisotopic (exact) mass is 390 g/mol. The molecule has 2 aromatic rings. The zero-order chi connectivity index (χ0) is 20.1. The zero-order valence-corrected chi connectivity index (χ0v) is 15.8. The van der Waals surface area contributed by atoms with E-state index in [4.69, 9.17) is 14.6 Å². The molecule has 3 atom stereocenters. The summed E-state index contributed by atoms with van der Waals surface area (Å²) < 4.78 is 5.76. The minimum atomic E-state index is -0.833. The molecule has 1 amide bonds. The van der Waals surface area contributed by atoms with E-state index >= 15 is 0 Å². The van der Waals surface area contributed by atoms with Gasteiger partial charge < -0.3 is 30.4 Å². The van der Waals surface area contributed by atoms with E-state index in [1.54, 1.807) is 0 Å². The Morgan fingerprint density at radius 1 is 1.25 bits per heavy atom. The SMILES string of the molecule is CC(=O)O.O=C(NCc1ccc2[nH]c(=O)[nH]c2c1)[C@H]1CC[C@H]2OCCN[C@@H]2C1. The van der Waals surface area contributed by atoms with Gasteiger partial charge in [0, 0.05) is 32.0 Å². The van der Waals surface area contributed by atoms with Gasteiger partial charge in [-0.25, -0.2) is 4.79 Å². The maximum atomic E-state index is 12.5. The van der Waals surface area contributed by atoms with Gasteiger partial charge in [0.05, 0.1) is 23.7 Å². The molecule has 1 aliphatic carbocycles. The second-order valence-electron chi connectivity index (χ2n) is 7.18. The lowest BCUT2D eigenvalue weighted by molar-refractivity contribution is -0.134. The summed E-state index contributed by atoms with van der Waals surface area (Å²) in [5.74, 6) is -0.695. The van der Waals surface area contributed by atoms with Gasteiger partial charge in [0.2, 0.25) is 5.91 Å². The number of amides is 1. The largest absolute Gasteiger partial charge is 0.481 e. The summed E-state index contributed by atoms with van der Waals surface area (Å²) in [7, 11) is 0. The molecule has 2 fully saturated rings. The third-order valence-electron chi connectivity index (χ3n) is 5.05. The van der Waals surface area contributed by atoms with Crippen LogP contribution >= 0.6 is 0 Å². The number of imidazole rings is 1. The highest BCUT2D eigenvalue weighted by molar-refractivity contribution is 5.79. The Hall–Kier alpha value is -2.65. The van der Waals surface area contributed by atoms with Crippen molar-refractivity contribution in [3.05, 3.63) is 34.2 Å². The van der Waals surface area contributed by atoms with E-state index in [1.165, 1.54) is 0 Å². The maximum absolute atomic E-state index is 12.5. The Balaban J connectivity index is 0.000000516. The molecule has 1 aliphatic heterocycles. The van der Waals surface area contributed by atoms with Crippen molar-refractivity contribution in [2.24, 2.45) is 5.92 Å². The highest BCUT2D eigenvalue weighted by atomic mass is 16.5. The van der Waals surface area contributed by atoms with Gasteiger partial charge in [-0.15, -0.1) is 0 Å². The van der Waals surface area contributed by atoms with E-state index in [2.05, 4.69) is 20.6 Å². The number of ether oxygens (including phenoxy) is 1. The van der Waals surface area contributed by atoms with Gasteiger partial charge in [0.25, 0.3) is 5.97 Å². The standard InChI is InChI=1S/C17H22N4O3.C2H4O2/c22-16(11-2-4-15-14(8-11)18-5-6-24-15)19-9-10-1-3-12-13(7-10)21-17(23)20-12;1-2(3)4/h1,3,7,11,14-15,18H,2,4-6,8-9H2,(H,19,22)(H2,20,21,23);1H3,(H,3,4)/t11-,14+,15+;/m0./s1. The number of carbonyl (C=O) groups is 2. The lowest BCUT2D eigenvalue weighted by Crippen LogP contribution is -2.53. The molecule has 0 unspecified atom stereocenters. The molecule has 1 saturated heterocycles. The number of benzene rings is 1. The highest BCUT2D eigenvalue weighted by Crippen LogP contribution is 2.28. The van der Waals surface area contributed by atoms with Gasteiger partial charge in [-0.2, -0.15) is 0 Å². The number of morpholine rings is 1. The lowest BCUT2D eigenvalue weighted by Gasteiger charge is -2.39. The number of carboxylic acids is 1. The first kappa shape index (κ1) is 20.1. The molecule has 9 heteroatoms. The number of carbonyl (C=O) groups excluding carboxylic acids is 1. The van der Waals surface area contributed by atoms with Crippen molar-refractivity contribution in [3.8, 4) is 0 Å². The van der Waals surface area contributed by atoms with Crippen molar-refractivity contribution < 1.29 is 19.4 Å². The van der Waals surface area contributed by atoms with Crippen LogP contribution in [0, 0.1) is 5.92 Å². The average Bonchev–Trinajstić information content (AvgIpc) is 3.04. The number of fused-ring (bicyclic) bond motifs is 2. The van der Waals surface area contributed by atoms with Crippen molar-refractivity contribution in [1.29, 1.82) is 0 Å².